The van der Waals surface area contributed by atoms with Gasteiger partial charge in [0.1, 0.15) is 18.0 Å². The van der Waals surface area contributed by atoms with Gasteiger partial charge in [0.05, 0.1) is 6.10 Å². The highest BCUT2D eigenvalue weighted by atomic mass is 16.5. The SMILES string of the molecule is c1nc(NCC2CCCO2)cc(NC2CCCCC2)n1. The molecule has 0 aromatic carbocycles. The average molecular weight is 276 g/mol. The second-order valence-electron chi connectivity index (χ2n) is 5.78. The fourth-order valence-corrected chi connectivity index (χ4v) is 3.01. The van der Waals surface area contributed by atoms with E-state index in [0.29, 0.717) is 12.1 Å². The highest BCUT2D eigenvalue weighted by Gasteiger charge is 2.16. The quantitative estimate of drug-likeness (QED) is 0.866. The van der Waals surface area contributed by atoms with Gasteiger partial charge in [-0.1, -0.05) is 19.3 Å². The van der Waals surface area contributed by atoms with Crippen LogP contribution in [0.25, 0.3) is 0 Å². The van der Waals surface area contributed by atoms with Gasteiger partial charge in [-0.25, -0.2) is 9.97 Å². The van der Waals surface area contributed by atoms with Crippen LogP contribution in [-0.2, 0) is 4.74 Å². The second-order valence-corrected chi connectivity index (χ2v) is 5.78. The van der Waals surface area contributed by atoms with Crippen LogP contribution in [0.1, 0.15) is 44.9 Å². The zero-order valence-electron chi connectivity index (χ0n) is 12.0. The Morgan fingerprint density at radius 3 is 2.70 bits per heavy atom. The second kappa shape index (κ2) is 6.88. The lowest BCUT2D eigenvalue weighted by atomic mass is 9.95. The largest absolute Gasteiger partial charge is 0.376 e. The zero-order chi connectivity index (χ0) is 13.6. The van der Waals surface area contributed by atoms with Crippen molar-refractivity contribution in [3.8, 4) is 0 Å². The van der Waals surface area contributed by atoms with E-state index in [0.717, 1.165) is 31.2 Å². The van der Waals surface area contributed by atoms with Gasteiger partial charge in [0.15, 0.2) is 0 Å². The number of hydrogen-bond donors (Lipinski definition) is 2. The molecule has 1 saturated carbocycles. The Hall–Kier alpha value is -1.36. The van der Waals surface area contributed by atoms with Gasteiger partial charge in [0.2, 0.25) is 0 Å². The number of anilines is 2. The summed E-state index contributed by atoms with van der Waals surface area (Å²) in [6.07, 6.45) is 10.8. The molecule has 1 saturated heterocycles. The summed E-state index contributed by atoms with van der Waals surface area (Å²) in [7, 11) is 0. The van der Waals surface area contributed by atoms with Crippen molar-refractivity contribution in [1.82, 2.24) is 9.97 Å². The fourth-order valence-electron chi connectivity index (χ4n) is 3.01. The van der Waals surface area contributed by atoms with E-state index in [4.69, 9.17) is 4.74 Å². The summed E-state index contributed by atoms with van der Waals surface area (Å²) >= 11 is 0. The third-order valence-electron chi connectivity index (χ3n) is 4.16. The van der Waals surface area contributed by atoms with Crippen molar-refractivity contribution in [2.24, 2.45) is 0 Å². The van der Waals surface area contributed by atoms with Crippen molar-refractivity contribution in [1.29, 1.82) is 0 Å². The van der Waals surface area contributed by atoms with E-state index in [1.807, 2.05) is 6.07 Å². The van der Waals surface area contributed by atoms with Gasteiger partial charge in [-0.3, -0.25) is 0 Å². The minimum absolute atomic E-state index is 0.333. The average Bonchev–Trinajstić information content (AvgIpc) is 3.00. The van der Waals surface area contributed by atoms with Gasteiger partial charge in [-0.2, -0.15) is 0 Å². The molecule has 1 unspecified atom stereocenters. The molecule has 2 N–H and O–H groups in total. The molecule has 5 nitrogen and oxygen atoms in total. The zero-order valence-corrected chi connectivity index (χ0v) is 12.0. The highest BCUT2D eigenvalue weighted by molar-refractivity contribution is 5.47. The van der Waals surface area contributed by atoms with E-state index < -0.39 is 0 Å². The van der Waals surface area contributed by atoms with Gasteiger partial charge >= 0.3 is 0 Å². The molecule has 1 aliphatic carbocycles. The summed E-state index contributed by atoms with van der Waals surface area (Å²) in [6, 6.07) is 2.58. The van der Waals surface area contributed by atoms with Crippen LogP contribution in [0.5, 0.6) is 0 Å². The van der Waals surface area contributed by atoms with Gasteiger partial charge in [-0.05, 0) is 25.7 Å². The Morgan fingerprint density at radius 2 is 1.90 bits per heavy atom. The maximum absolute atomic E-state index is 5.60. The summed E-state index contributed by atoms with van der Waals surface area (Å²) < 4.78 is 5.60. The lowest BCUT2D eigenvalue weighted by Crippen LogP contribution is -2.23. The summed E-state index contributed by atoms with van der Waals surface area (Å²) in [5, 5.41) is 6.87. The van der Waals surface area contributed by atoms with Gasteiger partial charge in [0.25, 0.3) is 0 Å². The maximum atomic E-state index is 5.60. The van der Waals surface area contributed by atoms with Crippen molar-refractivity contribution in [2.45, 2.75) is 57.1 Å². The number of nitrogens with one attached hydrogen (secondary N) is 2. The number of aromatic nitrogens is 2. The predicted octanol–water partition coefficient (Wildman–Crippen LogP) is 2.81. The topological polar surface area (TPSA) is 59.1 Å². The predicted molar refractivity (Wildman–Crippen MR) is 80.0 cm³/mol. The molecule has 1 aliphatic heterocycles. The van der Waals surface area contributed by atoms with E-state index in [-0.39, 0.29) is 0 Å². The Bertz CT molecular complexity index is 414. The number of nitrogens with zero attached hydrogens (tertiary/aromatic N) is 2. The molecular weight excluding hydrogens is 252 g/mol. The molecule has 5 heteroatoms. The fraction of sp³-hybridized carbons (Fsp3) is 0.733. The minimum Gasteiger partial charge on any atom is -0.376 e. The minimum atomic E-state index is 0.333. The molecular formula is C15H24N4O. The summed E-state index contributed by atoms with van der Waals surface area (Å²) in [5.74, 6) is 1.82. The Kier molecular flexibility index (Phi) is 4.69. The molecule has 0 radical (unpaired) electrons. The number of rotatable bonds is 5. The molecule has 2 fully saturated rings. The highest BCUT2D eigenvalue weighted by Crippen LogP contribution is 2.21. The van der Waals surface area contributed by atoms with Gasteiger partial charge in [-0.15, -0.1) is 0 Å². The van der Waals surface area contributed by atoms with Crippen LogP contribution in [0.2, 0.25) is 0 Å². The smallest absolute Gasteiger partial charge is 0.131 e. The molecule has 3 rings (SSSR count). The molecule has 110 valence electrons. The molecule has 1 aromatic rings. The van der Waals surface area contributed by atoms with Crippen molar-refractivity contribution in [3.63, 3.8) is 0 Å². The molecule has 20 heavy (non-hydrogen) atoms. The molecule has 0 amide bonds. The molecule has 2 heterocycles. The summed E-state index contributed by atoms with van der Waals surface area (Å²) in [4.78, 5) is 8.60. The van der Waals surface area contributed by atoms with Crippen molar-refractivity contribution in [2.75, 3.05) is 23.8 Å². The lowest BCUT2D eigenvalue weighted by Gasteiger charge is -2.23. The van der Waals surface area contributed by atoms with E-state index in [2.05, 4.69) is 20.6 Å². The van der Waals surface area contributed by atoms with Gasteiger partial charge < -0.3 is 15.4 Å². The standard InChI is InChI=1S/C15H24N4O/c1-2-5-12(6-3-1)19-15-9-14(17-11-18-15)16-10-13-7-4-8-20-13/h9,11-13H,1-8,10H2,(H2,16,17,18,19). The van der Waals surface area contributed by atoms with E-state index in [9.17, 15) is 0 Å². The maximum Gasteiger partial charge on any atom is 0.131 e. The van der Waals surface area contributed by atoms with Crippen molar-refractivity contribution in [3.05, 3.63) is 12.4 Å². The third-order valence-corrected chi connectivity index (χ3v) is 4.16. The molecule has 0 bridgehead atoms. The summed E-state index contributed by atoms with van der Waals surface area (Å²) in [6.45, 7) is 1.73. The van der Waals surface area contributed by atoms with E-state index in [1.54, 1.807) is 6.33 Å². The van der Waals surface area contributed by atoms with Crippen LogP contribution in [0, 0.1) is 0 Å². The molecule has 1 atom stereocenters. The first-order chi connectivity index (χ1) is 9.90. The Morgan fingerprint density at radius 1 is 1.05 bits per heavy atom. The number of hydrogen-bond acceptors (Lipinski definition) is 5. The van der Waals surface area contributed by atoms with Crippen LogP contribution in [0.4, 0.5) is 11.6 Å². The first-order valence-corrected chi connectivity index (χ1v) is 7.84. The van der Waals surface area contributed by atoms with Crippen molar-refractivity contribution >= 4 is 11.6 Å². The summed E-state index contributed by atoms with van der Waals surface area (Å²) in [5.41, 5.74) is 0. The van der Waals surface area contributed by atoms with Crippen LogP contribution in [0.3, 0.4) is 0 Å². The first-order valence-electron chi connectivity index (χ1n) is 7.84. The first kappa shape index (κ1) is 13.6. The Labute approximate surface area is 120 Å². The normalized spacial score (nSPS) is 23.7. The van der Waals surface area contributed by atoms with Crippen LogP contribution >= 0.6 is 0 Å². The Balaban J connectivity index is 1.51. The third kappa shape index (κ3) is 3.82. The van der Waals surface area contributed by atoms with Crippen molar-refractivity contribution < 1.29 is 4.74 Å². The van der Waals surface area contributed by atoms with Crippen LogP contribution < -0.4 is 10.6 Å². The molecule has 0 spiro atoms. The lowest BCUT2D eigenvalue weighted by molar-refractivity contribution is 0.120. The molecule has 1 aromatic heterocycles. The van der Waals surface area contributed by atoms with Gasteiger partial charge in [0, 0.05) is 25.3 Å². The monoisotopic (exact) mass is 276 g/mol. The van der Waals surface area contributed by atoms with E-state index >= 15 is 0 Å². The van der Waals surface area contributed by atoms with Crippen LogP contribution in [0.15, 0.2) is 12.4 Å². The number of ether oxygens (including phenoxy) is 1. The molecule has 2 aliphatic rings. The van der Waals surface area contributed by atoms with E-state index in [1.165, 1.54) is 38.5 Å². The van der Waals surface area contributed by atoms with Crippen LogP contribution in [-0.4, -0.2) is 35.3 Å².